The van der Waals surface area contributed by atoms with Crippen LogP contribution in [0.15, 0.2) is 18.5 Å². The molecule has 0 bridgehead atoms. The third-order valence-corrected chi connectivity index (χ3v) is 2.33. The summed E-state index contributed by atoms with van der Waals surface area (Å²) in [5.74, 6) is -0.485. The van der Waals surface area contributed by atoms with Gasteiger partial charge < -0.3 is 5.32 Å². The normalized spacial score (nSPS) is 27.8. The lowest BCUT2D eigenvalue weighted by molar-refractivity contribution is 0.192. The molecule has 1 saturated heterocycles. The number of alkyl halides is 1. The number of aromatic nitrogens is 1. The van der Waals surface area contributed by atoms with Gasteiger partial charge in [0.05, 0.1) is 6.20 Å². The number of pyridine rings is 1. The fourth-order valence-electron chi connectivity index (χ4n) is 1.56. The molecule has 0 radical (unpaired) electrons. The van der Waals surface area contributed by atoms with Crippen molar-refractivity contribution < 1.29 is 8.78 Å². The Kier molecular flexibility index (Phi) is 2.00. The van der Waals surface area contributed by atoms with Crippen LogP contribution in [0.5, 0.6) is 0 Å². The number of nitrogens with one attached hydrogen (secondary N) is 1. The molecule has 1 aromatic heterocycles. The molecule has 0 aromatic carbocycles. The van der Waals surface area contributed by atoms with Crippen LogP contribution in [0.4, 0.5) is 8.78 Å². The molecule has 2 nitrogen and oxygen atoms in total. The van der Waals surface area contributed by atoms with Gasteiger partial charge in [-0.1, -0.05) is 0 Å². The Morgan fingerprint density at radius 3 is 2.92 bits per heavy atom. The molecule has 2 rings (SSSR count). The Morgan fingerprint density at radius 2 is 2.31 bits per heavy atom. The van der Waals surface area contributed by atoms with Crippen LogP contribution in [0.3, 0.4) is 0 Å². The molecule has 1 unspecified atom stereocenters. The smallest absolute Gasteiger partial charge is 0.151 e. The van der Waals surface area contributed by atoms with Crippen LogP contribution in [-0.2, 0) is 5.67 Å². The minimum Gasteiger partial charge on any atom is -0.313 e. The Bertz CT molecular complexity index is 308. The molecule has 2 heterocycles. The van der Waals surface area contributed by atoms with E-state index in [4.69, 9.17) is 0 Å². The predicted molar refractivity (Wildman–Crippen MR) is 44.5 cm³/mol. The number of hydrogen-bond acceptors (Lipinski definition) is 2. The summed E-state index contributed by atoms with van der Waals surface area (Å²) in [4.78, 5) is 3.63. The maximum absolute atomic E-state index is 14.0. The van der Waals surface area contributed by atoms with E-state index < -0.39 is 11.5 Å². The van der Waals surface area contributed by atoms with Crippen LogP contribution in [-0.4, -0.2) is 18.1 Å². The number of rotatable bonds is 1. The number of halogens is 2. The van der Waals surface area contributed by atoms with Crippen molar-refractivity contribution >= 4 is 0 Å². The lowest BCUT2D eigenvalue weighted by Gasteiger charge is -2.17. The monoisotopic (exact) mass is 184 g/mol. The molecule has 0 amide bonds. The minimum absolute atomic E-state index is 0.248. The predicted octanol–water partition coefficient (Wildman–Crippen LogP) is 1.38. The summed E-state index contributed by atoms with van der Waals surface area (Å²) in [7, 11) is 0. The van der Waals surface area contributed by atoms with E-state index in [1.54, 1.807) is 0 Å². The zero-order valence-corrected chi connectivity index (χ0v) is 7.06. The molecular formula is C9H10F2N2. The molecular weight excluding hydrogens is 174 g/mol. The SMILES string of the molecule is Fc1cncc(C2(F)CCNC2)c1. The Balaban J connectivity index is 2.33. The molecule has 1 aliphatic rings. The fraction of sp³-hybridized carbons (Fsp3) is 0.444. The molecule has 1 atom stereocenters. The van der Waals surface area contributed by atoms with Crippen LogP contribution >= 0.6 is 0 Å². The van der Waals surface area contributed by atoms with E-state index in [9.17, 15) is 8.78 Å². The molecule has 1 fully saturated rings. The average Bonchev–Trinajstić information content (AvgIpc) is 2.54. The molecule has 1 aliphatic heterocycles. The molecule has 70 valence electrons. The standard InChI is InChI=1S/C9H10F2N2/c10-8-3-7(4-13-5-8)9(11)1-2-12-6-9/h3-5,12H,1-2,6H2. The van der Waals surface area contributed by atoms with E-state index in [0.717, 1.165) is 6.20 Å². The topological polar surface area (TPSA) is 24.9 Å². The van der Waals surface area contributed by atoms with E-state index >= 15 is 0 Å². The average molecular weight is 184 g/mol. The molecule has 1 N–H and O–H groups in total. The summed E-state index contributed by atoms with van der Waals surface area (Å²) in [5.41, 5.74) is -1.10. The second kappa shape index (κ2) is 3.03. The van der Waals surface area contributed by atoms with E-state index in [1.165, 1.54) is 12.3 Å². The summed E-state index contributed by atoms with van der Waals surface area (Å²) in [6.07, 6.45) is 2.85. The van der Waals surface area contributed by atoms with Gasteiger partial charge in [-0.05, 0) is 19.0 Å². The summed E-state index contributed by atoms with van der Waals surface area (Å²) < 4.78 is 26.7. The Morgan fingerprint density at radius 1 is 1.46 bits per heavy atom. The summed E-state index contributed by atoms with van der Waals surface area (Å²) in [6, 6.07) is 1.21. The van der Waals surface area contributed by atoms with Crippen LogP contribution in [0.2, 0.25) is 0 Å². The molecule has 13 heavy (non-hydrogen) atoms. The first kappa shape index (κ1) is 8.56. The molecule has 1 aromatic rings. The maximum Gasteiger partial charge on any atom is 0.151 e. The van der Waals surface area contributed by atoms with E-state index in [2.05, 4.69) is 10.3 Å². The van der Waals surface area contributed by atoms with Crippen LogP contribution in [0.1, 0.15) is 12.0 Å². The highest BCUT2D eigenvalue weighted by Gasteiger charge is 2.35. The first-order chi connectivity index (χ1) is 6.21. The third kappa shape index (κ3) is 1.54. The van der Waals surface area contributed by atoms with Gasteiger partial charge in [0, 0.05) is 18.3 Å². The first-order valence-corrected chi connectivity index (χ1v) is 4.21. The highest BCUT2D eigenvalue weighted by molar-refractivity contribution is 5.21. The first-order valence-electron chi connectivity index (χ1n) is 4.21. The Hall–Kier alpha value is -1.03. The second-order valence-electron chi connectivity index (χ2n) is 3.28. The van der Waals surface area contributed by atoms with Gasteiger partial charge in [0.2, 0.25) is 0 Å². The second-order valence-corrected chi connectivity index (χ2v) is 3.28. The molecule has 0 aliphatic carbocycles. The zero-order valence-electron chi connectivity index (χ0n) is 7.06. The van der Waals surface area contributed by atoms with Gasteiger partial charge in [-0.25, -0.2) is 8.78 Å². The van der Waals surface area contributed by atoms with Crippen molar-refractivity contribution in [2.24, 2.45) is 0 Å². The highest BCUT2D eigenvalue weighted by atomic mass is 19.1. The van der Waals surface area contributed by atoms with E-state index in [-0.39, 0.29) is 6.54 Å². The van der Waals surface area contributed by atoms with Crippen molar-refractivity contribution in [2.45, 2.75) is 12.1 Å². The largest absolute Gasteiger partial charge is 0.313 e. The summed E-state index contributed by atoms with van der Waals surface area (Å²) >= 11 is 0. The van der Waals surface area contributed by atoms with Gasteiger partial charge in [0.15, 0.2) is 5.67 Å². The third-order valence-electron chi connectivity index (χ3n) is 2.33. The quantitative estimate of drug-likeness (QED) is 0.713. The number of hydrogen-bond donors (Lipinski definition) is 1. The van der Waals surface area contributed by atoms with Gasteiger partial charge in [-0.3, -0.25) is 4.98 Å². The molecule has 0 spiro atoms. The van der Waals surface area contributed by atoms with Crippen LogP contribution < -0.4 is 5.32 Å². The van der Waals surface area contributed by atoms with Crippen molar-refractivity contribution in [3.8, 4) is 0 Å². The van der Waals surface area contributed by atoms with E-state index in [1.807, 2.05) is 0 Å². The van der Waals surface area contributed by atoms with Gasteiger partial charge in [0.1, 0.15) is 5.82 Å². The summed E-state index contributed by atoms with van der Waals surface area (Å²) in [5, 5.41) is 2.91. The lowest BCUT2D eigenvalue weighted by Crippen LogP contribution is -2.23. The van der Waals surface area contributed by atoms with Gasteiger partial charge >= 0.3 is 0 Å². The van der Waals surface area contributed by atoms with Crippen molar-refractivity contribution in [3.05, 3.63) is 29.8 Å². The lowest BCUT2D eigenvalue weighted by atomic mass is 9.97. The zero-order chi connectivity index (χ0) is 9.31. The maximum atomic E-state index is 14.0. The summed E-state index contributed by atoms with van der Waals surface area (Å²) in [6.45, 7) is 0.880. The minimum atomic E-state index is -1.44. The van der Waals surface area contributed by atoms with Crippen LogP contribution in [0.25, 0.3) is 0 Å². The number of nitrogens with zero attached hydrogens (tertiary/aromatic N) is 1. The van der Waals surface area contributed by atoms with Gasteiger partial charge in [-0.15, -0.1) is 0 Å². The fourth-order valence-corrected chi connectivity index (χ4v) is 1.56. The highest BCUT2D eigenvalue weighted by Crippen LogP contribution is 2.31. The van der Waals surface area contributed by atoms with Gasteiger partial charge in [-0.2, -0.15) is 0 Å². The van der Waals surface area contributed by atoms with Gasteiger partial charge in [0.25, 0.3) is 0 Å². The van der Waals surface area contributed by atoms with Crippen molar-refractivity contribution in [1.29, 1.82) is 0 Å². The van der Waals surface area contributed by atoms with E-state index in [0.29, 0.717) is 18.5 Å². The Labute approximate surface area is 75.0 Å². The van der Waals surface area contributed by atoms with Crippen molar-refractivity contribution in [3.63, 3.8) is 0 Å². The van der Waals surface area contributed by atoms with Crippen LogP contribution in [0, 0.1) is 5.82 Å². The van der Waals surface area contributed by atoms with Crippen molar-refractivity contribution in [1.82, 2.24) is 10.3 Å². The van der Waals surface area contributed by atoms with Crippen molar-refractivity contribution in [2.75, 3.05) is 13.1 Å². The molecule has 0 saturated carbocycles. The molecule has 4 heteroatoms.